The van der Waals surface area contributed by atoms with E-state index in [9.17, 15) is 9.18 Å². The van der Waals surface area contributed by atoms with E-state index < -0.39 is 0 Å². The van der Waals surface area contributed by atoms with Gasteiger partial charge in [-0.1, -0.05) is 0 Å². The number of likely N-dealkylation sites (N-methyl/N-ethyl adjacent to an activating group) is 1. The van der Waals surface area contributed by atoms with Gasteiger partial charge in [-0.2, -0.15) is 0 Å². The Balaban J connectivity index is 2.67. The summed E-state index contributed by atoms with van der Waals surface area (Å²) in [5, 5.41) is 0. The number of halogens is 1. The van der Waals surface area contributed by atoms with E-state index in [0.717, 1.165) is 5.69 Å². The van der Waals surface area contributed by atoms with Gasteiger partial charge in [0.05, 0.1) is 6.61 Å². The van der Waals surface area contributed by atoms with Gasteiger partial charge in [0.2, 0.25) is 0 Å². The summed E-state index contributed by atoms with van der Waals surface area (Å²) in [7, 11) is 0. The molecule has 1 aromatic carbocycles. The molecule has 0 aliphatic rings. The van der Waals surface area contributed by atoms with Gasteiger partial charge in [0.25, 0.3) is 0 Å². The van der Waals surface area contributed by atoms with Crippen molar-refractivity contribution in [2.24, 2.45) is 0 Å². The monoisotopic (exact) mass is 225 g/mol. The molecule has 3 nitrogen and oxygen atoms in total. The van der Waals surface area contributed by atoms with Gasteiger partial charge in [-0.3, -0.25) is 4.79 Å². The number of nitrogens with zero attached hydrogens (tertiary/aromatic N) is 1. The van der Waals surface area contributed by atoms with Crippen LogP contribution in [0.15, 0.2) is 24.3 Å². The molecule has 0 bridgehead atoms. The van der Waals surface area contributed by atoms with Gasteiger partial charge < -0.3 is 9.64 Å². The van der Waals surface area contributed by atoms with Crippen molar-refractivity contribution in [2.75, 3.05) is 24.6 Å². The minimum absolute atomic E-state index is 0.190. The molecule has 0 saturated heterocycles. The number of carbonyl (C=O) groups excluding carboxylic acids is 1. The lowest BCUT2D eigenvalue weighted by Crippen LogP contribution is -2.30. The van der Waals surface area contributed by atoms with Crippen LogP contribution in [0, 0.1) is 5.82 Å². The standard InChI is InChI=1S/C12H16FNO2/c1-3-14(9-12(15)16-4-2)11-7-5-10(13)6-8-11/h5-8H,3-4,9H2,1-2H3. The van der Waals surface area contributed by atoms with E-state index in [1.165, 1.54) is 12.1 Å². The number of esters is 1. The highest BCUT2D eigenvalue weighted by molar-refractivity contribution is 5.75. The van der Waals surface area contributed by atoms with Crippen LogP contribution in [-0.2, 0) is 9.53 Å². The van der Waals surface area contributed by atoms with Crippen molar-refractivity contribution in [1.29, 1.82) is 0 Å². The quantitative estimate of drug-likeness (QED) is 0.719. The van der Waals surface area contributed by atoms with Crippen molar-refractivity contribution in [3.05, 3.63) is 30.1 Å². The number of carbonyl (C=O) groups is 1. The first-order valence-corrected chi connectivity index (χ1v) is 5.33. The maximum atomic E-state index is 12.7. The highest BCUT2D eigenvalue weighted by Gasteiger charge is 2.10. The fourth-order valence-corrected chi connectivity index (χ4v) is 1.40. The van der Waals surface area contributed by atoms with Crippen LogP contribution in [0.25, 0.3) is 0 Å². The minimum atomic E-state index is -0.282. The average Bonchev–Trinajstić information content (AvgIpc) is 2.27. The molecule has 0 spiro atoms. The zero-order chi connectivity index (χ0) is 12.0. The molecule has 1 aromatic rings. The van der Waals surface area contributed by atoms with Crippen molar-refractivity contribution >= 4 is 11.7 Å². The topological polar surface area (TPSA) is 29.5 Å². The van der Waals surface area contributed by atoms with E-state index in [1.807, 2.05) is 11.8 Å². The normalized spacial score (nSPS) is 9.94. The lowest BCUT2D eigenvalue weighted by atomic mass is 10.3. The molecule has 0 unspecified atom stereocenters. The van der Waals surface area contributed by atoms with Gasteiger partial charge in [0.1, 0.15) is 12.4 Å². The van der Waals surface area contributed by atoms with Crippen molar-refractivity contribution in [2.45, 2.75) is 13.8 Å². The summed E-state index contributed by atoms with van der Waals surface area (Å²) in [4.78, 5) is 13.1. The van der Waals surface area contributed by atoms with Gasteiger partial charge in [-0.05, 0) is 38.1 Å². The Hall–Kier alpha value is -1.58. The summed E-state index contributed by atoms with van der Waals surface area (Å²) < 4.78 is 17.6. The maximum absolute atomic E-state index is 12.7. The second-order valence-electron chi connectivity index (χ2n) is 3.30. The van der Waals surface area contributed by atoms with Crippen LogP contribution in [0.4, 0.5) is 10.1 Å². The van der Waals surface area contributed by atoms with E-state index in [1.54, 1.807) is 19.1 Å². The number of rotatable bonds is 5. The van der Waals surface area contributed by atoms with Crippen LogP contribution in [-0.4, -0.2) is 25.7 Å². The molecule has 16 heavy (non-hydrogen) atoms. The lowest BCUT2D eigenvalue weighted by molar-refractivity contribution is -0.141. The van der Waals surface area contributed by atoms with Crippen molar-refractivity contribution in [3.8, 4) is 0 Å². The summed E-state index contributed by atoms with van der Waals surface area (Å²) in [6.45, 7) is 4.94. The van der Waals surface area contributed by atoms with Crippen LogP contribution in [0.1, 0.15) is 13.8 Å². The van der Waals surface area contributed by atoms with E-state index in [2.05, 4.69) is 0 Å². The predicted molar refractivity (Wildman–Crippen MR) is 60.9 cm³/mol. The molecule has 0 fully saturated rings. The van der Waals surface area contributed by atoms with Crippen molar-refractivity contribution in [3.63, 3.8) is 0 Å². The Morgan fingerprint density at radius 2 is 1.94 bits per heavy atom. The largest absolute Gasteiger partial charge is 0.465 e. The first-order chi connectivity index (χ1) is 7.67. The Labute approximate surface area is 94.8 Å². The molecule has 88 valence electrons. The molecule has 1 rings (SSSR count). The minimum Gasteiger partial charge on any atom is -0.465 e. The van der Waals surface area contributed by atoms with Gasteiger partial charge in [-0.15, -0.1) is 0 Å². The molecule has 0 saturated carbocycles. The second-order valence-corrected chi connectivity index (χ2v) is 3.30. The summed E-state index contributed by atoms with van der Waals surface area (Å²) >= 11 is 0. The third-order valence-electron chi connectivity index (χ3n) is 2.20. The van der Waals surface area contributed by atoms with Crippen molar-refractivity contribution < 1.29 is 13.9 Å². The summed E-state index contributed by atoms with van der Waals surface area (Å²) in [5.41, 5.74) is 0.817. The summed E-state index contributed by atoms with van der Waals surface area (Å²) in [6, 6.07) is 6.06. The zero-order valence-corrected chi connectivity index (χ0v) is 9.57. The highest BCUT2D eigenvalue weighted by Crippen LogP contribution is 2.14. The molecule has 0 aliphatic carbocycles. The van der Waals surface area contributed by atoms with Gasteiger partial charge >= 0.3 is 5.97 Å². The summed E-state index contributed by atoms with van der Waals surface area (Å²) in [6.07, 6.45) is 0. The van der Waals surface area contributed by atoms with Crippen LogP contribution in [0.3, 0.4) is 0 Å². The maximum Gasteiger partial charge on any atom is 0.325 e. The number of anilines is 1. The van der Waals surface area contributed by atoms with E-state index in [0.29, 0.717) is 13.2 Å². The molecule has 0 atom stereocenters. The third-order valence-corrected chi connectivity index (χ3v) is 2.20. The van der Waals surface area contributed by atoms with E-state index in [4.69, 9.17) is 4.74 Å². The fraction of sp³-hybridized carbons (Fsp3) is 0.417. The molecule has 0 heterocycles. The average molecular weight is 225 g/mol. The van der Waals surface area contributed by atoms with E-state index >= 15 is 0 Å². The number of benzene rings is 1. The Kier molecular flexibility index (Phi) is 4.76. The molecule has 0 aliphatic heterocycles. The van der Waals surface area contributed by atoms with Crippen LogP contribution >= 0.6 is 0 Å². The first-order valence-electron chi connectivity index (χ1n) is 5.33. The summed E-state index contributed by atoms with van der Waals surface area (Å²) in [5.74, 6) is -0.551. The van der Waals surface area contributed by atoms with Gasteiger partial charge in [0.15, 0.2) is 0 Å². The molecule has 4 heteroatoms. The number of ether oxygens (including phenoxy) is 1. The SMILES string of the molecule is CCOC(=O)CN(CC)c1ccc(F)cc1. The smallest absolute Gasteiger partial charge is 0.325 e. The Morgan fingerprint density at radius 3 is 2.44 bits per heavy atom. The molecular weight excluding hydrogens is 209 g/mol. The molecule has 0 aromatic heterocycles. The zero-order valence-electron chi connectivity index (χ0n) is 9.57. The lowest BCUT2D eigenvalue weighted by Gasteiger charge is -2.21. The van der Waals surface area contributed by atoms with Gasteiger partial charge in [-0.25, -0.2) is 4.39 Å². The molecule has 0 N–H and O–H groups in total. The Bertz CT molecular complexity index is 337. The molecule has 0 radical (unpaired) electrons. The number of hydrogen-bond donors (Lipinski definition) is 0. The number of hydrogen-bond acceptors (Lipinski definition) is 3. The third kappa shape index (κ3) is 3.53. The van der Waals surface area contributed by atoms with Crippen LogP contribution in [0.2, 0.25) is 0 Å². The van der Waals surface area contributed by atoms with Crippen LogP contribution in [0.5, 0.6) is 0 Å². The fourth-order valence-electron chi connectivity index (χ4n) is 1.40. The predicted octanol–water partition coefficient (Wildman–Crippen LogP) is 2.22. The van der Waals surface area contributed by atoms with Crippen molar-refractivity contribution in [1.82, 2.24) is 0 Å². The Morgan fingerprint density at radius 1 is 1.31 bits per heavy atom. The molecular formula is C12H16FNO2. The van der Waals surface area contributed by atoms with Crippen LogP contribution < -0.4 is 4.90 Å². The second kappa shape index (κ2) is 6.10. The van der Waals surface area contributed by atoms with Gasteiger partial charge in [0, 0.05) is 12.2 Å². The van der Waals surface area contributed by atoms with E-state index in [-0.39, 0.29) is 18.3 Å². The highest BCUT2D eigenvalue weighted by atomic mass is 19.1. The first kappa shape index (κ1) is 12.5. The molecule has 0 amide bonds.